The number of aryl methyl sites for hydroxylation is 1. The van der Waals surface area contributed by atoms with Crippen LogP contribution in [0.3, 0.4) is 0 Å². The minimum absolute atomic E-state index is 0.263. The standard InChI is InChI=1S/C29H23ClN4O6/c1-15-23(31-28(37)38-16(2)19-5-3-4-6-22(19)30)26(39-32-15)21-12-11-20(24-25(21)34-40-33-24)17-7-9-18(10-8-17)29(13-14-29)27(35)36/h3-12,16H,13-14H2,1-2H3,(H,31,37)(H,35,36). The van der Waals surface area contributed by atoms with Gasteiger partial charge in [-0.3, -0.25) is 10.1 Å². The lowest BCUT2D eigenvalue weighted by Crippen LogP contribution is -2.19. The summed E-state index contributed by atoms with van der Waals surface area (Å²) in [5, 5.41) is 25.0. The molecule has 1 atom stereocenters. The number of hydrogen-bond donors (Lipinski definition) is 2. The Morgan fingerprint density at radius 1 is 1.00 bits per heavy atom. The topological polar surface area (TPSA) is 141 Å². The summed E-state index contributed by atoms with van der Waals surface area (Å²) in [5.41, 5.74) is 4.38. The molecule has 2 N–H and O–H groups in total. The molecule has 2 heterocycles. The predicted molar refractivity (Wildman–Crippen MR) is 146 cm³/mol. The second kappa shape index (κ2) is 9.80. The number of aromatic nitrogens is 3. The largest absolute Gasteiger partial charge is 0.481 e. The van der Waals surface area contributed by atoms with Gasteiger partial charge in [-0.25, -0.2) is 9.42 Å². The quantitative estimate of drug-likeness (QED) is 0.217. The fourth-order valence-corrected chi connectivity index (χ4v) is 5.15. The molecule has 5 aromatic rings. The van der Waals surface area contributed by atoms with E-state index in [0.717, 1.165) is 16.7 Å². The third kappa shape index (κ3) is 4.36. The van der Waals surface area contributed by atoms with E-state index in [1.807, 2.05) is 36.4 Å². The van der Waals surface area contributed by atoms with Crippen molar-refractivity contribution in [2.24, 2.45) is 0 Å². The molecule has 40 heavy (non-hydrogen) atoms. The Morgan fingerprint density at radius 3 is 2.35 bits per heavy atom. The highest BCUT2D eigenvalue weighted by Crippen LogP contribution is 2.49. The van der Waals surface area contributed by atoms with Crippen molar-refractivity contribution in [1.29, 1.82) is 0 Å². The minimum atomic E-state index is -0.804. The van der Waals surface area contributed by atoms with Crippen molar-refractivity contribution in [3.05, 3.63) is 82.5 Å². The van der Waals surface area contributed by atoms with Gasteiger partial charge in [0.1, 0.15) is 28.5 Å². The van der Waals surface area contributed by atoms with E-state index >= 15 is 0 Å². The van der Waals surface area contributed by atoms with Crippen molar-refractivity contribution >= 4 is 40.4 Å². The van der Waals surface area contributed by atoms with Gasteiger partial charge >= 0.3 is 12.1 Å². The van der Waals surface area contributed by atoms with Gasteiger partial charge in [0.05, 0.1) is 11.0 Å². The molecule has 1 amide bonds. The van der Waals surface area contributed by atoms with Crippen LogP contribution in [0.4, 0.5) is 10.5 Å². The highest BCUT2D eigenvalue weighted by Gasteiger charge is 2.51. The van der Waals surface area contributed by atoms with Gasteiger partial charge in [0, 0.05) is 16.1 Å². The number of carboxylic acid groups (broad SMARTS) is 1. The molecule has 1 saturated carbocycles. The first-order valence-electron chi connectivity index (χ1n) is 12.6. The smallest absolute Gasteiger partial charge is 0.412 e. The Kier molecular flexibility index (Phi) is 6.26. The molecule has 3 aromatic carbocycles. The number of carbonyl (C=O) groups excluding carboxylic acids is 1. The van der Waals surface area contributed by atoms with Crippen LogP contribution >= 0.6 is 11.6 Å². The van der Waals surface area contributed by atoms with Crippen LogP contribution in [0.2, 0.25) is 5.02 Å². The molecular formula is C29H23ClN4O6. The van der Waals surface area contributed by atoms with Crippen LogP contribution < -0.4 is 5.32 Å². The molecule has 11 heteroatoms. The van der Waals surface area contributed by atoms with Crippen LogP contribution in [0.5, 0.6) is 0 Å². The number of rotatable bonds is 7. The minimum Gasteiger partial charge on any atom is -0.481 e. The van der Waals surface area contributed by atoms with Gasteiger partial charge in [0.2, 0.25) is 0 Å². The van der Waals surface area contributed by atoms with Crippen LogP contribution in [-0.2, 0) is 14.9 Å². The van der Waals surface area contributed by atoms with E-state index < -0.39 is 23.6 Å². The number of anilines is 1. The zero-order chi connectivity index (χ0) is 28.0. The number of halogens is 1. The Hall–Kier alpha value is -4.70. The lowest BCUT2D eigenvalue weighted by Gasteiger charge is -2.15. The number of amides is 1. The lowest BCUT2D eigenvalue weighted by atomic mass is 9.93. The van der Waals surface area contributed by atoms with Gasteiger partial charge < -0.3 is 14.4 Å². The molecule has 1 aliphatic carbocycles. The zero-order valence-corrected chi connectivity index (χ0v) is 22.2. The molecule has 0 bridgehead atoms. The number of fused-ring (bicyclic) bond motifs is 1. The summed E-state index contributed by atoms with van der Waals surface area (Å²) in [5.74, 6) is -0.541. The summed E-state index contributed by atoms with van der Waals surface area (Å²) in [4.78, 5) is 24.5. The van der Waals surface area contributed by atoms with Crippen molar-refractivity contribution < 1.29 is 28.6 Å². The van der Waals surface area contributed by atoms with Crippen molar-refractivity contribution in [3.8, 4) is 22.5 Å². The van der Waals surface area contributed by atoms with Gasteiger partial charge in [0.25, 0.3) is 0 Å². The summed E-state index contributed by atoms with van der Waals surface area (Å²) < 4.78 is 16.2. The third-order valence-electron chi connectivity index (χ3n) is 7.28. The number of ether oxygens (including phenoxy) is 1. The van der Waals surface area contributed by atoms with Crippen LogP contribution in [0.1, 0.15) is 42.7 Å². The van der Waals surface area contributed by atoms with E-state index in [1.54, 1.807) is 38.1 Å². The summed E-state index contributed by atoms with van der Waals surface area (Å²) in [6, 6.07) is 18.1. The molecule has 10 nitrogen and oxygen atoms in total. The first-order chi connectivity index (χ1) is 19.3. The molecule has 0 saturated heterocycles. The van der Waals surface area contributed by atoms with Crippen molar-refractivity contribution in [1.82, 2.24) is 15.5 Å². The number of nitrogens with zero attached hydrogens (tertiary/aromatic N) is 3. The van der Waals surface area contributed by atoms with E-state index in [4.69, 9.17) is 25.5 Å². The average molecular weight is 559 g/mol. The van der Waals surface area contributed by atoms with Crippen LogP contribution in [-0.4, -0.2) is 32.6 Å². The van der Waals surface area contributed by atoms with E-state index in [-0.39, 0.29) is 5.76 Å². The molecular weight excluding hydrogens is 536 g/mol. The normalized spacial score (nSPS) is 14.6. The van der Waals surface area contributed by atoms with Crippen LogP contribution in [0, 0.1) is 6.92 Å². The molecule has 1 fully saturated rings. The van der Waals surface area contributed by atoms with Crippen molar-refractivity contribution in [2.45, 2.75) is 38.2 Å². The second-order valence-electron chi connectivity index (χ2n) is 9.75. The molecule has 0 spiro atoms. The number of benzene rings is 3. The van der Waals surface area contributed by atoms with Crippen LogP contribution in [0.15, 0.2) is 69.8 Å². The molecule has 1 aliphatic rings. The molecule has 1 unspecified atom stereocenters. The highest BCUT2D eigenvalue weighted by molar-refractivity contribution is 6.31. The Labute approximate surface area is 232 Å². The summed E-state index contributed by atoms with van der Waals surface area (Å²) in [6.45, 7) is 3.42. The fourth-order valence-electron chi connectivity index (χ4n) is 4.86. The van der Waals surface area contributed by atoms with Gasteiger partial charge in [-0.05, 0) is 60.3 Å². The van der Waals surface area contributed by atoms with Crippen LogP contribution in [0.25, 0.3) is 33.5 Å². The van der Waals surface area contributed by atoms with E-state index in [9.17, 15) is 14.7 Å². The van der Waals surface area contributed by atoms with Crippen molar-refractivity contribution in [2.75, 3.05) is 5.32 Å². The predicted octanol–water partition coefficient (Wildman–Crippen LogP) is 6.93. The molecule has 0 aliphatic heterocycles. The number of nitrogens with one attached hydrogen (secondary N) is 1. The van der Waals surface area contributed by atoms with E-state index in [2.05, 4.69) is 20.8 Å². The van der Waals surface area contributed by atoms with Gasteiger partial charge in [-0.1, -0.05) is 65.3 Å². The molecule has 2 aromatic heterocycles. The summed E-state index contributed by atoms with van der Waals surface area (Å²) in [6.07, 6.45) is -0.0405. The number of carboxylic acids is 1. The maximum absolute atomic E-state index is 12.8. The summed E-state index contributed by atoms with van der Waals surface area (Å²) >= 11 is 6.24. The number of carbonyl (C=O) groups is 2. The highest BCUT2D eigenvalue weighted by atomic mass is 35.5. The van der Waals surface area contributed by atoms with Gasteiger partial charge in [0.15, 0.2) is 5.76 Å². The van der Waals surface area contributed by atoms with Gasteiger partial charge in [-0.2, -0.15) is 0 Å². The summed E-state index contributed by atoms with van der Waals surface area (Å²) in [7, 11) is 0. The molecule has 202 valence electrons. The maximum Gasteiger partial charge on any atom is 0.412 e. The van der Waals surface area contributed by atoms with Crippen molar-refractivity contribution in [3.63, 3.8) is 0 Å². The SMILES string of the molecule is Cc1noc(-c2ccc(-c3ccc(C4(C(=O)O)CC4)cc3)c3nonc23)c1NC(=O)OC(C)c1ccccc1Cl. The molecule has 6 rings (SSSR count). The van der Waals surface area contributed by atoms with E-state index in [1.165, 1.54) is 0 Å². The second-order valence-corrected chi connectivity index (χ2v) is 10.2. The Balaban J connectivity index is 1.28. The fraction of sp³-hybridized carbons (Fsp3) is 0.207. The first kappa shape index (κ1) is 25.6. The number of hydrogen-bond acceptors (Lipinski definition) is 8. The Morgan fingerprint density at radius 2 is 1.68 bits per heavy atom. The third-order valence-corrected chi connectivity index (χ3v) is 7.63. The first-order valence-corrected chi connectivity index (χ1v) is 12.9. The van der Waals surface area contributed by atoms with E-state index in [0.29, 0.717) is 51.4 Å². The molecule has 0 radical (unpaired) electrons. The number of aliphatic carboxylic acids is 1. The zero-order valence-electron chi connectivity index (χ0n) is 21.5. The Bertz CT molecular complexity index is 1760. The average Bonchev–Trinajstić information content (AvgIpc) is 3.49. The maximum atomic E-state index is 12.8. The monoisotopic (exact) mass is 558 g/mol. The lowest BCUT2D eigenvalue weighted by molar-refractivity contribution is -0.140. The van der Waals surface area contributed by atoms with Gasteiger partial charge in [-0.15, -0.1) is 0 Å².